The third-order valence-electron chi connectivity index (χ3n) is 4.12. The molecule has 0 N–H and O–H groups in total. The maximum Gasteiger partial charge on any atom is 0.183 e. The van der Waals surface area contributed by atoms with Gasteiger partial charge < -0.3 is 4.74 Å². The molecule has 7 heteroatoms. The predicted octanol–water partition coefficient (Wildman–Crippen LogP) is 3.85. The topological polar surface area (TPSA) is 52.3 Å². The average Bonchev–Trinajstić information content (AvgIpc) is 2.92. The highest BCUT2D eigenvalue weighted by molar-refractivity contribution is 5.82. The number of rotatable bonds is 2. The molecular formula is C18H14F2N4O. The molecule has 0 radical (unpaired) electrons. The lowest BCUT2D eigenvalue weighted by molar-refractivity contribution is 0.412. The van der Waals surface area contributed by atoms with E-state index in [4.69, 9.17) is 4.74 Å². The molecule has 25 heavy (non-hydrogen) atoms. The summed E-state index contributed by atoms with van der Waals surface area (Å²) in [6.07, 6.45) is 0. The van der Waals surface area contributed by atoms with Gasteiger partial charge in [0.25, 0.3) is 0 Å². The Bertz CT molecular complexity index is 1140. The van der Waals surface area contributed by atoms with Crippen LogP contribution in [-0.4, -0.2) is 26.7 Å². The highest BCUT2D eigenvalue weighted by Gasteiger charge is 2.19. The molecule has 2 heterocycles. The van der Waals surface area contributed by atoms with E-state index in [-0.39, 0.29) is 5.52 Å². The molecular weight excluding hydrogens is 326 g/mol. The van der Waals surface area contributed by atoms with E-state index >= 15 is 0 Å². The summed E-state index contributed by atoms with van der Waals surface area (Å²) in [4.78, 5) is 4.44. The van der Waals surface area contributed by atoms with Gasteiger partial charge in [-0.1, -0.05) is 6.07 Å². The number of imidazole rings is 1. The smallest absolute Gasteiger partial charge is 0.183 e. The van der Waals surface area contributed by atoms with Gasteiger partial charge in [-0.3, -0.25) is 4.40 Å². The van der Waals surface area contributed by atoms with Crippen LogP contribution in [0.3, 0.4) is 0 Å². The maximum absolute atomic E-state index is 14.5. The molecule has 0 atom stereocenters. The minimum atomic E-state index is -0.564. The van der Waals surface area contributed by atoms with Gasteiger partial charge in [0.05, 0.1) is 23.9 Å². The van der Waals surface area contributed by atoms with Crippen molar-refractivity contribution in [2.45, 2.75) is 13.8 Å². The Morgan fingerprint density at radius 3 is 2.52 bits per heavy atom. The minimum Gasteiger partial charge on any atom is -0.497 e. The van der Waals surface area contributed by atoms with Gasteiger partial charge in [-0.05, 0) is 31.5 Å². The zero-order valence-corrected chi connectivity index (χ0v) is 13.8. The first-order chi connectivity index (χ1) is 12.0. The molecule has 0 aliphatic rings. The summed E-state index contributed by atoms with van der Waals surface area (Å²) in [5.41, 5.74) is 2.61. The Hall–Kier alpha value is -3.09. The van der Waals surface area contributed by atoms with E-state index in [0.29, 0.717) is 34.0 Å². The SMILES string of the molecule is COc1cc(F)c2nnc3c(C)nc(-c4ccc(C)cc4F)n3c2c1. The Kier molecular flexibility index (Phi) is 3.38. The number of nitrogens with zero attached hydrogens (tertiary/aromatic N) is 4. The number of fused-ring (bicyclic) bond motifs is 3. The molecule has 0 aliphatic heterocycles. The number of halogens is 2. The molecule has 0 saturated heterocycles. The summed E-state index contributed by atoms with van der Waals surface area (Å²) in [6, 6.07) is 7.76. The second-order valence-electron chi connectivity index (χ2n) is 5.84. The third-order valence-corrected chi connectivity index (χ3v) is 4.12. The van der Waals surface area contributed by atoms with E-state index in [1.807, 2.05) is 6.92 Å². The molecule has 0 bridgehead atoms. The highest BCUT2D eigenvalue weighted by Crippen LogP contribution is 2.30. The lowest BCUT2D eigenvalue weighted by Gasteiger charge is -2.08. The van der Waals surface area contributed by atoms with E-state index in [1.54, 1.807) is 29.5 Å². The third kappa shape index (κ3) is 2.31. The predicted molar refractivity (Wildman–Crippen MR) is 89.7 cm³/mol. The van der Waals surface area contributed by atoms with Gasteiger partial charge in [0.15, 0.2) is 11.5 Å². The second kappa shape index (κ2) is 5.47. The zero-order chi connectivity index (χ0) is 17.7. The fourth-order valence-corrected chi connectivity index (χ4v) is 2.89. The van der Waals surface area contributed by atoms with Gasteiger partial charge in [-0.25, -0.2) is 13.8 Å². The van der Waals surface area contributed by atoms with Gasteiger partial charge in [-0.2, -0.15) is 0 Å². The molecule has 126 valence electrons. The molecule has 2 aromatic carbocycles. The van der Waals surface area contributed by atoms with Crippen LogP contribution < -0.4 is 4.74 Å². The summed E-state index contributed by atoms with van der Waals surface area (Å²) in [5, 5.41) is 8.02. The standard InChI is InChI=1S/C18H14F2N4O/c1-9-4-5-12(13(19)6-9)18-21-10(2)17-23-22-16-14(20)7-11(25-3)8-15(16)24(17)18/h4-8H,1-3H3. The highest BCUT2D eigenvalue weighted by atomic mass is 19.1. The molecule has 0 saturated carbocycles. The molecule has 0 aliphatic carbocycles. The number of ether oxygens (including phenoxy) is 1. The molecule has 4 aromatic rings. The number of hydrogen-bond acceptors (Lipinski definition) is 4. The van der Waals surface area contributed by atoms with E-state index in [1.165, 1.54) is 19.2 Å². The lowest BCUT2D eigenvalue weighted by atomic mass is 10.1. The van der Waals surface area contributed by atoms with Crippen LogP contribution in [0.15, 0.2) is 30.3 Å². The summed E-state index contributed by atoms with van der Waals surface area (Å²) < 4.78 is 35.6. The molecule has 0 amide bonds. The first-order valence-electron chi connectivity index (χ1n) is 7.65. The maximum atomic E-state index is 14.5. The Labute approximate surface area is 141 Å². The van der Waals surface area contributed by atoms with Gasteiger partial charge in [0.1, 0.15) is 22.9 Å². The van der Waals surface area contributed by atoms with Crippen molar-refractivity contribution in [2.75, 3.05) is 7.11 Å². The number of aromatic nitrogens is 4. The van der Waals surface area contributed by atoms with Crippen molar-refractivity contribution in [1.82, 2.24) is 19.6 Å². The molecule has 5 nitrogen and oxygen atoms in total. The molecule has 4 rings (SSSR count). The Morgan fingerprint density at radius 2 is 1.80 bits per heavy atom. The summed E-state index contributed by atoms with van der Waals surface area (Å²) in [6.45, 7) is 3.56. The number of methoxy groups -OCH3 is 1. The normalized spacial score (nSPS) is 11.4. The van der Waals surface area contributed by atoms with E-state index in [9.17, 15) is 8.78 Å². The van der Waals surface area contributed by atoms with Crippen LogP contribution in [0, 0.1) is 25.5 Å². The second-order valence-corrected chi connectivity index (χ2v) is 5.84. The summed E-state index contributed by atoms with van der Waals surface area (Å²) >= 11 is 0. The molecule has 0 fully saturated rings. The van der Waals surface area contributed by atoms with Crippen molar-refractivity contribution in [1.29, 1.82) is 0 Å². The van der Waals surface area contributed by atoms with Gasteiger partial charge >= 0.3 is 0 Å². The first kappa shape index (κ1) is 15.4. The van der Waals surface area contributed by atoms with E-state index < -0.39 is 11.6 Å². The number of hydrogen-bond donors (Lipinski definition) is 0. The van der Waals surface area contributed by atoms with Crippen molar-refractivity contribution in [3.05, 3.63) is 53.2 Å². The number of benzene rings is 2. The van der Waals surface area contributed by atoms with Crippen LogP contribution >= 0.6 is 0 Å². The van der Waals surface area contributed by atoms with Crippen LogP contribution in [0.25, 0.3) is 28.1 Å². The van der Waals surface area contributed by atoms with Crippen LogP contribution in [0.4, 0.5) is 8.78 Å². The molecule has 0 spiro atoms. The van der Waals surface area contributed by atoms with E-state index in [2.05, 4.69) is 15.2 Å². The van der Waals surface area contributed by atoms with Gasteiger partial charge in [-0.15, -0.1) is 10.2 Å². The monoisotopic (exact) mass is 340 g/mol. The molecule has 2 aromatic heterocycles. The number of aryl methyl sites for hydroxylation is 2. The van der Waals surface area contributed by atoms with Crippen LogP contribution in [0.2, 0.25) is 0 Å². The summed E-state index contributed by atoms with van der Waals surface area (Å²) in [7, 11) is 1.45. The van der Waals surface area contributed by atoms with Gasteiger partial charge in [0, 0.05) is 12.1 Å². The van der Waals surface area contributed by atoms with E-state index in [0.717, 1.165) is 5.56 Å². The van der Waals surface area contributed by atoms with Gasteiger partial charge in [0.2, 0.25) is 0 Å². The Balaban J connectivity index is 2.17. The van der Waals surface area contributed by atoms with Crippen molar-refractivity contribution < 1.29 is 13.5 Å². The lowest BCUT2D eigenvalue weighted by Crippen LogP contribution is -2.01. The van der Waals surface area contributed by atoms with Crippen molar-refractivity contribution in [2.24, 2.45) is 0 Å². The average molecular weight is 340 g/mol. The van der Waals surface area contributed by atoms with Crippen molar-refractivity contribution in [3.63, 3.8) is 0 Å². The Morgan fingerprint density at radius 1 is 1.00 bits per heavy atom. The van der Waals surface area contributed by atoms with Crippen molar-refractivity contribution in [3.8, 4) is 17.1 Å². The van der Waals surface area contributed by atoms with Crippen LogP contribution in [-0.2, 0) is 0 Å². The summed E-state index contributed by atoms with van der Waals surface area (Å²) in [5.74, 6) is -0.288. The largest absolute Gasteiger partial charge is 0.497 e. The van der Waals surface area contributed by atoms with Crippen LogP contribution in [0.5, 0.6) is 5.75 Å². The first-order valence-corrected chi connectivity index (χ1v) is 7.65. The minimum absolute atomic E-state index is 0.0690. The van der Waals surface area contributed by atoms with Crippen molar-refractivity contribution >= 4 is 16.7 Å². The quantitative estimate of drug-likeness (QED) is 0.556. The van der Waals surface area contributed by atoms with Crippen LogP contribution in [0.1, 0.15) is 11.3 Å². The molecule has 0 unspecified atom stereocenters. The fourth-order valence-electron chi connectivity index (χ4n) is 2.89. The fraction of sp³-hybridized carbons (Fsp3) is 0.167. The zero-order valence-electron chi connectivity index (χ0n) is 13.8.